The van der Waals surface area contributed by atoms with Crippen molar-refractivity contribution in [1.82, 2.24) is 5.32 Å². The van der Waals surface area contributed by atoms with Gasteiger partial charge < -0.3 is 5.32 Å². The van der Waals surface area contributed by atoms with Gasteiger partial charge in [0.25, 0.3) is 0 Å². The van der Waals surface area contributed by atoms with Crippen LogP contribution in [0, 0.1) is 12.7 Å². The first kappa shape index (κ1) is 11.8. The van der Waals surface area contributed by atoms with E-state index in [9.17, 15) is 4.39 Å². The lowest BCUT2D eigenvalue weighted by molar-refractivity contribution is 0.601. The number of hydrogen-bond donors (Lipinski definition) is 1. The molecular formula is C15H16FN. The maximum Gasteiger partial charge on any atom is 0.128 e. The largest absolute Gasteiger partial charge is 0.316 e. The average Bonchev–Trinajstić information content (AvgIpc) is 2.32. The average molecular weight is 229 g/mol. The number of hydrogen-bond acceptors (Lipinski definition) is 1. The lowest BCUT2D eigenvalue weighted by atomic mass is 10.0. The van der Waals surface area contributed by atoms with Crippen LogP contribution in [-0.2, 0) is 6.54 Å². The summed E-state index contributed by atoms with van der Waals surface area (Å²) in [7, 11) is 1.81. The van der Waals surface area contributed by atoms with Crippen molar-refractivity contribution in [2.24, 2.45) is 0 Å². The second-order valence-corrected chi connectivity index (χ2v) is 4.21. The van der Waals surface area contributed by atoms with E-state index in [1.54, 1.807) is 6.07 Å². The quantitative estimate of drug-likeness (QED) is 0.849. The van der Waals surface area contributed by atoms with Gasteiger partial charge in [-0.05, 0) is 31.2 Å². The van der Waals surface area contributed by atoms with Crippen molar-refractivity contribution in [3.05, 3.63) is 59.4 Å². The molecule has 0 aliphatic rings. The number of nitrogens with one attached hydrogen (secondary N) is 1. The van der Waals surface area contributed by atoms with E-state index in [-0.39, 0.29) is 5.82 Å². The normalized spacial score (nSPS) is 10.5. The van der Waals surface area contributed by atoms with E-state index in [1.165, 1.54) is 5.56 Å². The molecule has 2 aromatic carbocycles. The van der Waals surface area contributed by atoms with Gasteiger partial charge in [-0.2, -0.15) is 0 Å². The van der Waals surface area contributed by atoms with Crippen molar-refractivity contribution < 1.29 is 4.39 Å². The molecule has 88 valence electrons. The lowest BCUT2D eigenvalue weighted by Gasteiger charge is -2.06. The van der Waals surface area contributed by atoms with E-state index >= 15 is 0 Å². The molecular weight excluding hydrogens is 213 g/mol. The van der Waals surface area contributed by atoms with Crippen LogP contribution in [0.25, 0.3) is 11.1 Å². The highest BCUT2D eigenvalue weighted by molar-refractivity contribution is 5.64. The Balaban J connectivity index is 2.37. The summed E-state index contributed by atoms with van der Waals surface area (Å²) in [5.41, 5.74) is 3.86. The Morgan fingerprint density at radius 1 is 1.06 bits per heavy atom. The molecule has 0 atom stereocenters. The zero-order valence-electron chi connectivity index (χ0n) is 10.1. The van der Waals surface area contributed by atoms with Gasteiger partial charge in [0.15, 0.2) is 0 Å². The molecule has 2 aromatic rings. The van der Waals surface area contributed by atoms with Crippen LogP contribution in [0.5, 0.6) is 0 Å². The van der Waals surface area contributed by atoms with Crippen LogP contribution in [0.2, 0.25) is 0 Å². The molecule has 0 fully saturated rings. The van der Waals surface area contributed by atoms with Crippen LogP contribution in [0.1, 0.15) is 11.1 Å². The van der Waals surface area contributed by atoms with Gasteiger partial charge in [-0.3, -0.25) is 0 Å². The molecule has 0 heterocycles. The van der Waals surface area contributed by atoms with Crippen molar-refractivity contribution in [3.8, 4) is 11.1 Å². The zero-order chi connectivity index (χ0) is 12.3. The maximum absolute atomic E-state index is 13.8. The first-order chi connectivity index (χ1) is 8.20. The fraction of sp³-hybridized carbons (Fsp3) is 0.200. The SMILES string of the molecule is CNCc1ccc(-c2cccc(C)c2)cc1F. The summed E-state index contributed by atoms with van der Waals surface area (Å²) in [5.74, 6) is -0.154. The maximum atomic E-state index is 13.8. The zero-order valence-corrected chi connectivity index (χ0v) is 10.1. The second-order valence-electron chi connectivity index (χ2n) is 4.21. The molecule has 0 saturated carbocycles. The van der Waals surface area contributed by atoms with Crippen LogP contribution >= 0.6 is 0 Å². The number of rotatable bonds is 3. The monoisotopic (exact) mass is 229 g/mol. The predicted molar refractivity (Wildman–Crippen MR) is 69.3 cm³/mol. The molecule has 1 N–H and O–H groups in total. The van der Waals surface area contributed by atoms with E-state index in [4.69, 9.17) is 0 Å². The van der Waals surface area contributed by atoms with Gasteiger partial charge in [0.05, 0.1) is 0 Å². The molecule has 2 heteroatoms. The standard InChI is InChI=1S/C15H16FN/c1-11-4-3-5-12(8-11)13-6-7-14(10-17-2)15(16)9-13/h3-9,17H,10H2,1-2H3. The Labute approximate surface area is 101 Å². The summed E-state index contributed by atoms with van der Waals surface area (Å²) in [6, 6.07) is 13.5. The van der Waals surface area contributed by atoms with Crippen molar-refractivity contribution in [3.63, 3.8) is 0 Å². The first-order valence-electron chi connectivity index (χ1n) is 5.71. The Bertz CT molecular complexity index is 520. The Kier molecular flexibility index (Phi) is 3.55. The molecule has 0 spiro atoms. The molecule has 17 heavy (non-hydrogen) atoms. The summed E-state index contributed by atoms with van der Waals surface area (Å²) in [5, 5.41) is 2.95. The minimum Gasteiger partial charge on any atom is -0.316 e. The van der Waals surface area contributed by atoms with E-state index in [0.29, 0.717) is 12.1 Å². The Hall–Kier alpha value is -1.67. The van der Waals surface area contributed by atoms with Gasteiger partial charge in [-0.1, -0.05) is 42.0 Å². The molecule has 0 aliphatic carbocycles. The van der Waals surface area contributed by atoms with Crippen LogP contribution in [0.15, 0.2) is 42.5 Å². The summed E-state index contributed by atoms with van der Waals surface area (Å²) in [4.78, 5) is 0. The van der Waals surface area contributed by atoms with Gasteiger partial charge in [0.1, 0.15) is 5.82 Å². The van der Waals surface area contributed by atoms with Gasteiger partial charge in [0, 0.05) is 12.1 Å². The number of aryl methyl sites for hydroxylation is 1. The van der Waals surface area contributed by atoms with Crippen molar-refractivity contribution in [1.29, 1.82) is 0 Å². The van der Waals surface area contributed by atoms with E-state index in [0.717, 1.165) is 11.1 Å². The lowest BCUT2D eigenvalue weighted by Crippen LogP contribution is -2.06. The topological polar surface area (TPSA) is 12.0 Å². The van der Waals surface area contributed by atoms with E-state index in [2.05, 4.69) is 11.4 Å². The number of halogens is 1. The third-order valence-electron chi connectivity index (χ3n) is 2.77. The van der Waals surface area contributed by atoms with Gasteiger partial charge in [0.2, 0.25) is 0 Å². The summed E-state index contributed by atoms with van der Waals surface area (Å²) in [6.45, 7) is 2.59. The highest BCUT2D eigenvalue weighted by Gasteiger charge is 2.04. The van der Waals surface area contributed by atoms with Crippen molar-refractivity contribution >= 4 is 0 Å². The molecule has 0 aromatic heterocycles. The minimum absolute atomic E-state index is 0.154. The Morgan fingerprint density at radius 3 is 2.47 bits per heavy atom. The third kappa shape index (κ3) is 2.71. The summed E-state index contributed by atoms with van der Waals surface area (Å²) in [6.07, 6.45) is 0. The highest BCUT2D eigenvalue weighted by atomic mass is 19.1. The smallest absolute Gasteiger partial charge is 0.128 e. The summed E-state index contributed by atoms with van der Waals surface area (Å²) < 4.78 is 13.8. The molecule has 0 amide bonds. The Morgan fingerprint density at radius 2 is 1.82 bits per heavy atom. The molecule has 0 saturated heterocycles. The fourth-order valence-electron chi connectivity index (χ4n) is 1.89. The second kappa shape index (κ2) is 5.11. The summed E-state index contributed by atoms with van der Waals surface area (Å²) >= 11 is 0. The van der Waals surface area contributed by atoms with Crippen LogP contribution in [-0.4, -0.2) is 7.05 Å². The third-order valence-corrected chi connectivity index (χ3v) is 2.77. The van der Waals surface area contributed by atoms with Crippen molar-refractivity contribution in [2.75, 3.05) is 7.05 Å². The van der Waals surface area contributed by atoms with Crippen molar-refractivity contribution in [2.45, 2.75) is 13.5 Å². The molecule has 2 rings (SSSR count). The molecule has 0 bridgehead atoms. The van der Waals surface area contributed by atoms with E-state index in [1.807, 2.05) is 44.3 Å². The van der Waals surface area contributed by atoms with Gasteiger partial charge in [-0.15, -0.1) is 0 Å². The fourth-order valence-corrected chi connectivity index (χ4v) is 1.89. The number of benzene rings is 2. The van der Waals surface area contributed by atoms with Crippen LogP contribution in [0.3, 0.4) is 0 Å². The highest BCUT2D eigenvalue weighted by Crippen LogP contribution is 2.22. The van der Waals surface area contributed by atoms with Crippen LogP contribution < -0.4 is 5.32 Å². The van der Waals surface area contributed by atoms with Gasteiger partial charge in [-0.25, -0.2) is 4.39 Å². The predicted octanol–water partition coefficient (Wildman–Crippen LogP) is 3.52. The van der Waals surface area contributed by atoms with Crippen LogP contribution in [0.4, 0.5) is 4.39 Å². The first-order valence-corrected chi connectivity index (χ1v) is 5.71. The van der Waals surface area contributed by atoms with E-state index < -0.39 is 0 Å². The minimum atomic E-state index is -0.154. The van der Waals surface area contributed by atoms with Gasteiger partial charge >= 0.3 is 0 Å². The molecule has 0 aliphatic heterocycles. The molecule has 1 nitrogen and oxygen atoms in total. The molecule has 0 radical (unpaired) electrons. The molecule has 0 unspecified atom stereocenters.